The summed E-state index contributed by atoms with van der Waals surface area (Å²) < 4.78 is 0. The molecule has 3 fully saturated rings. The molecule has 126 valence electrons. The first-order valence-corrected chi connectivity index (χ1v) is 9.04. The van der Waals surface area contributed by atoms with Gasteiger partial charge in [-0.1, -0.05) is 6.92 Å². The molecular formula is C19H26O4. The van der Waals surface area contributed by atoms with E-state index in [2.05, 4.69) is 6.92 Å². The molecule has 0 aliphatic heterocycles. The van der Waals surface area contributed by atoms with E-state index in [4.69, 9.17) is 0 Å². The normalized spacial score (nSPS) is 46.4. The maximum atomic E-state index is 12.4. The summed E-state index contributed by atoms with van der Waals surface area (Å²) in [5, 5.41) is 20.6. The van der Waals surface area contributed by atoms with Gasteiger partial charge in [0.1, 0.15) is 5.78 Å². The van der Waals surface area contributed by atoms with Gasteiger partial charge in [-0.25, -0.2) is 0 Å². The molecule has 0 aromatic rings. The van der Waals surface area contributed by atoms with Crippen molar-refractivity contribution in [2.45, 2.75) is 58.3 Å². The molecule has 4 aliphatic rings. The van der Waals surface area contributed by atoms with E-state index in [1.807, 2.05) is 0 Å². The zero-order valence-corrected chi connectivity index (χ0v) is 13.8. The quantitative estimate of drug-likeness (QED) is 0.779. The Morgan fingerprint density at radius 3 is 2.57 bits per heavy atom. The number of fused-ring (bicyclic) bond motifs is 5. The van der Waals surface area contributed by atoms with Gasteiger partial charge in [0.2, 0.25) is 0 Å². The van der Waals surface area contributed by atoms with Crippen molar-refractivity contribution in [3.63, 3.8) is 0 Å². The summed E-state index contributed by atoms with van der Waals surface area (Å²) in [6.07, 6.45) is 6.11. The number of ketones is 2. The van der Waals surface area contributed by atoms with Gasteiger partial charge in [0.25, 0.3) is 0 Å². The Kier molecular flexibility index (Phi) is 3.29. The van der Waals surface area contributed by atoms with Crippen molar-refractivity contribution < 1.29 is 19.8 Å². The van der Waals surface area contributed by atoms with Gasteiger partial charge >= 0.3 is 0 Å². The van der Waals surface area contributed by atoms with Gasteiger partial charge in [-0.15, -0.1) is 0 Å². The fraction of sp³-hybridized carbons (Fsp3) is 0.789. The highest BCUT2D eigenvalue weighted by atomic mass is 16.3. The van der Waals surface area contributed by atoms with Crippen molar-refractivity contribution in [3.05, 3.63) is 11.3 Å². The molecule has 0 saturated heterocycles. The van der Waals surface area contributed by atoms with Gasteiger partial charge in [0.15, 0.2) is 11.5 Å². The van der Waals surface area contributed by atoms with E-state index >= 15 is 0 Å². The molecular weight excluding hydrogens is 292 g/mol. The minimum atomic E-state index is -0.423. The molecule has 4 rings (SSSR count). The van der Waals surface area contributed by atoms with E-state index in [1.165, 1.54) is 0 Å². The smallest absolute Gasteiger partial charge is 0.197 e. The second-order valence-electron chi connectivity index (χ2n) is 8.40. The molecule has 0 radical (unpaired) electrons. The van der Waals surface area contributed by atoms with Crippen molar-refractivity contribution >= 4 is 11.6 Å². The van der Waals surface area contributed by atoms with Crippen LogP contribution < -0.4 is 0 Å². The van der Waals surface area contributed by atoms with E-state index < -0.39 is 5.41 Å². The number of hydrogen-bond acceptors (Lipinski definition) is 4. The molecule has 0 heterocycles. The van der Waals surface area contributed by atoms with Crippen LogP contribution in [0.1, 0.15) is 58.3 Å². The molecule has 0 unspecified atom stereocenters. The second kappa shape index (κ2) is 4.92. The molecule has 4 aliphatic carbocycles. The lowest BCUT2D eigenvalue weighted by molar-refractivity contribution is -0.134. The van der Waals surface area contributed by atoms with Crippen LogP contribution in [0.2, 0.25) is 0 Å². The lowest BCUT2D eigenvalue weighted by Gasteiger charge is -2.57. The Balaban J connectivity index is 1.76. The predicted molar refractivity (Wildman–Crippen MR) is 84.7 cm³/mol. The van der Waals surface area contributed by atoms with Crippen molar-refractivity contribution in [2.75, 3.05) is 6.61 Å². The number of carbonyl (C=O) groups is 2. The van der Waals surface area contributed by atoms with Crippen LogP contribution >= 0.6 is 0 Å². The molecule has 4 nitrogen and oxygen atoms in total. The van der Waals surface area contributed by atoms with E-state index in [0.29, 0.717) is 49.2 Å². The summed E-state index contributed by atoms with van der Waals surface area (Å²) in [5.74, 6) is 1.34. The molecule has 0 spiro atoms. The van der Waals surface area contributed by atoms with Crippen LogP contribution in [-0.2, 0) is 9.59 Å². The highest BCUT2D eigenvalue weighted by Gasteiger charge is 2.60. The Hall–Kier alpha value is -1.16. The van der Waals surface area contributed by atoms with Crippen LogP contribution in [0.3, 0.4) is 0 Å². The number of carbonyl (C=O) groups excluding carboxylic acids is 2. The molecule has 4 heteroatoms. The number of rotatable bonds is 1. The SMILES string of the molecule is C[C@]12CC[C@@H]3[C@@H](CCC4=C(O)C(=O)CC[C@@]43CO)[C@@H]1CCC2=O. The number of hydrogen-bond donors (Lipinski definition) is 2. The third-order valence-corrected chi connectivity index (χ3v) is 7.81. The van der Waals surface area contributed by atoms with Crippen LogP contribution in [0.15, 0.2) is 11.3 Å². The predicted octanol–water partition coefficient (Wildman–Crippen LogP) is 2.95. The first-order valence-electron chi connectivity index (χ1n) is 9.04. The maximum absolute atomic E-state index is 12.4. The van der Waals surface area contributed by atoms with Gasteiger partial charge in [0, 0.05) is 23.7 Å². The molecule has 0 aromatic carbocycles. The largest absolute Gasteiger partial charge is 0.504 e. The first kappa shape index (κ1) is 15.4. The summed E-state index contributed by atoms with van der Waals surface area (Å²) in [6, 6.07) is 0. The average molecular weight is 318 g/mol. The number of Topliss-reactive ketones (excluding diaryl/α,β-unsaturated/α-hetero) is 2. The molecule has 2 N–H and O–H groups in total. The lowest BCUT2D eigenvalue weighted by atomic mass is 9.47. The van der Waals surface area contributed by atoms with Gasteiger partial charge in [-0.3, -0.25) is 9.59 Å². The molecule has 0 bridgehead atoms. The monoisotopic (exact) mass is 318 g/mol. The first-order chi connectivity index (χ1) is 10.9. The van der Waals surface area contributed by atoms with Crippen LogP contribution in [-0.4, -0.2) is 28.4 Å². The summed E-state index contributed by atoms with van der Waals surface area (Å²) in [4.78, 5) is 24.3. The zero-order valence-electron chi connectivity index (χ0n) is 13.8. The second-order valence-corrected chi connectivity index (χ2v) is 8.40. The highest BCUT2D eigenvalue weighted by Crippen LogP contribution is 2.64. The Bertz CT molecular complexity index is 606. The van der Waals surface area contributed by atoms with Crippen LogP contribution in [0, 0.1) is 28.6 Å². The standard InChI is InChI=1S/C19H26O4/c1-18-8-6-13-11(12(18)4-5-16(18)22)2-3-14-17(23)15(21)7-9-19(13,14)10-20/h11-13,20,23H,2-10H2,1H3/t11-,12-,13+,18-,19-/m0/s1. The third-order valence-electron chi connectivity index (χ3n) is 7.81. The maximum Gasteiger partial charge on any atom is 0.197 e. The Morgan fingerprint density at radius 1 is 1.04 bits per heavy atom. The molecule has 5 atom stereocenters. The summed E-state index contributed by atoms with van der Waals surface area (Å²) in [6.45, 7) is 2.15. The molecule has 3 saturated carbocycles. The Labute approximate surface area is 137 Å². The zero-order chi connectivity index (χ0) is 16.4. The van der Waals surface area contributed by atoms with Crippen molar-refractivity contribution in [2.24, 2.45) is 28.6 Å². The summed E-state index contributed by atoms with van der Waals surface area (Å²) in [7, 11) is 0. The lowest BCUT2D eigenvalue weighted by Crippen LogP contribution is -2.53. The van der Waals surface area contributed by atoms with E-state index in [9.17, 15) is 19.8 Å². The van der Waals surface area contributed by atoms with Gasteiger partial charge in [-0.05, 0) is 61.9 Å². The number of aliphatic hydroxyl groups excluding tert-OH is 2. The average Bonchev–Trinajstić information content (AvgIpc) is 2.86. The van der Waals surface area contributed by atoms with E-state index in [0.717, 1.165) is 31.3 Å². The van der Waals surface area contributed by atoms with Crippen LogP contribution in [0.25, 0.3) is 0 Å². The van der Waals surface area contributed by atoms with Gasteiger partial charge < -0.3 is 10.2 Å². The highest BCUT2D eigenvalue weighted by molar-refractivity contribution is 5.95. The molecule has 23 heavy (non-hydrogen) atoms. The third kappa shape index (κ3) is 1.81. The van der Waals surface area contributed by atoms with Gasteiger partial charge in [-0.2, -0.15) is 0 Å². The van der Waals surface area contributed by atoms with Gasteiger partial charge in [0.05, 0.1) is 6.61 Å². The van der Waals surface area contributed by atoms with Crippen molar-refractivity contribution in [1.82, 2.24) is 0 Å². The fourth-order valence-electron chi connectivity index (χ4n) is 6.54. The minimum absolute atomic E-state index is 0.0121. The molecule has 0 aromatic heterocycles. The Morgan fingerprint density at radius 2 is 1.83 bits per heavy atom. The topological polar surface area (TPSA) is 74.6 Å². The van der Waals surface area contributed by atoms with Crippen molar-refractivity contribution in [3.8, 4) is 0 Å². The fourth-order valence-corrected chi connectivity index (χ4v) is 6.54. The van der Waals surface area contributed by atoms with Crippen molar-refractivity contribution in [1.29, 1.82) is 0 Å². The molecule has 0 amide bonds. The van der Waals surface area contributed by atoms with E-state index in [1.54, 1.807) is 0 Å². The number of aliphatic hydroxyl groups is 2. The summed E-state index contributed by atoms with van der Waals surface area (Å²) in [5.41, 5.74) is 0.213. The minimum Gasteiger partial charge on any atom is -0.504 e. The van der Waals surface area contributed by atoms with Crippen LogP contribution in [0.4, 0.5) is 0 Å². The summed E-state index contributed by atoms with van der Waals surface area (Å²) >= 11 is 0. The van der Waals surface area contributed by atoms with Crippen LogP contribution in [0.5, 0.6) is 0 Å². The van der Waals surface area contributed by atoms with E-state index in [-0.39, 0.29) is 23.6 Å².